The van der Waals surface area contributed by atoms with E-state index in [0.717, 1.165) is 34.0 Å². The fourth-order valence-electron chi connectivity index (χ4n) is 3.80. The van der Waals surface area contributed by atoms with Gasteiger partial charge < -0.3 is 9.47 Å². The molecule has 0 atom stereocenters. The molecule has 5 rings (SSSR count). The number of halogens is 1. The highest BCUT2D eigenvalue weighted by Crippen LogP contribution is 2.39. The molecule has 5 aromatic rings. The molecule has 0 saturated carbocycles. The first-order valence-corrected chi connectivity index (χ1v) is 12.8. The van der Waals surface area contributed by atoms with Gasteiger partial charge in [-0.05, 0) is 41.5 Å². The Morgan fingerprint density at radius 2 is 1.81 bits per heavy atom. The number of ether oxygens (including phenoxy) is 2. The SMILES string of the molecule is COc1cc(-c2cc(F)cnc2OC)ccc1-c1ccnc2cc(S(=O)(=O)Nc3nncs3)ccc12. The van der Waals surface area contributed by atoms with Crippen LogP contribution in [-0.4, -0.2) is 42.8 Å². The quantitative estimate of drug-likeness (QED) is 0.324. The number of hydrogen-bond donors (Lipinski definition) is 1. The van der Waals surface area contributed by atoms with Crippen molar-refractivity contribution in [3.05, 3.63) is 72.3 Å². The minimum atomic E-state index is -3.87. The molecule has 9 nitrogen and oxygen atoms in total. The molecule has 0 bridgehead atoms. The van der Waals surface area contributed by atoms with Crippen LogP contribution in [-0.2, 0) is 10.0 Å². The zero-order chi connectivity index (χ0) is 25.3. The fraction of sp³-hybridized carbons (Fsp3) is 0.0833. The van der Waals surface area contributed by atoms with Gasteiger partial charge in [0.15, 0.2) is 0 Å². The summed E-state index contributed by atoms with van der Waals surface area (Å²) in [7, 11) is -0.860. The Morgan fingerprint density at radius 1 is 0.944 bits per heavy atom. The third kappa shape index (κ3) is 4.43. The third-order valence-electron chi connectivity index (χ3n) is 5.42. The standard InChI is InChI=1S/C24H18FN5O4S2/c1-33-22-9-14(20-10-15(25)12-27-23(20)34-2)3-5-19(22)17-7-8-26-21-11-16(4-6-18(17)21)36(31,32)30-24-29-28-13-35-24/h3-13H,1-2H3,(H,29,30). The number of hydrogen-bond acceptors (Lipinski definition) is 9. The zero-order valence-electron chi connectivity index (χ0n) is 19.0. The van der Waals surface area contributed by atoms with Crippen LogP contribution in [0.3, 0.4) is 0 Å². The van der Waals surface area contributed by atoms with Gasteiger partial charge in [-0.2, -0.15) is 0 Å². The topological polar surface area (TPSA) is 116 Å². The third-order valence-corrected chi connectivity index (χ3v) is 7.49. The number of rotatable bonds is 7. The summed E-state index contributed by atoms with van der Waals surface area (Å²) in [5, 5.41) is 8.26. The van der Waals surface area contributed by atoms with Crippen LogP contribution in [0.1, 0.15) is 0 Å². The van der Waals surface area contributed by atoms with E-state index in [1.807, 2.05) is 18.2 Å². The number of pyridine rings is 2. The molecule has 0 spiro atoms. The van der Waals surface area contributed by atoms with E-state index in [-0.39, 0.29) is 15.9 Å². The first-order valence-electron chi connectivity index (χ1n) is 10.5. The maximum absolute atomic E-state index is 13.9. The molecule has 0 aliphatic rings. The van der Waals surface area contributed by atoms with E-state index >= 15 is 0 Å². The van der Waals surface area contributed by atoms with Crippen molar-refractivity contribution in [2.75, 3.05) is 18.9 Å². The first-order chi connectivity index (χ1) is 17.4. The van der Waals surface area contributed by atoms with Gasteiger partial charge in [-0.1, -0.05) is 29.5 Å². The minimum absolute atomic E-state index is 0.0443. The summed E-state index contributed by atoms with van der Waals surface area (Å²) >= 11 is 1.08. The summed E-state index contributed by atoms with van der Waals surface area (Å²) in [6.45, 7) is 0. The van der Waals surface area contributed by atoms with Gasteiger partial charge in [0.25, 0.3) is 10.0 Å². The van der Waals surface area contributed by atoms with Crippen LogP contribution in [0.4, 0.5) is 9.52 Å². The summed E-state index contributed by atoms with van der Waals surface area (Å²) in [4.78, 5) is 8.41. The molecule has 3 aromatic heterocycles. The molecule has 182 valence electrons. The summed E-state index contributed by atoms with van der Waals surface area (Å²) in [5.41, 5.74) is 4.60. The number of nitrogens with one attached hydrogen (secondary N) is 1. The van der Waals surface area contributed by atoms with Crippen LogP contribution in [0.2, 0.25) is 0 Å². The predicted octanol–water partition coefficient (Wildman–Crippen LogP) is 4.77. The van der Waals surface area contributed by atoms with Gasteiger partial charge in [-0.3, -0.25) is 9.71 Å². The zero-order valence-corrected chi connectivity index (χ0v) is 20.6. The number of anilines is 1. The van der Waals surface area contributed by atoms with Gasteiger partial charge in [0.2, 0.25) is 11.0 Å². The summed E-state index contributed by atoms with van der Waals surface area (Å²) < 4.78 is 52.8. The number of methoxy groups -OCH3 is 2. The second-order valence-corrected chi connectivity index (χ2v) is 10.0. The maximum atomic E-state index is 13.9. The molecule has 3 heterocycles. The lowest BCUT2D eigenvalue weighted by atomic mass is 9.97. The van der Waals surface area contributed by atoms with Gasteiger partial charge in [0, 0.05) is 22.7 Å². The van der Waals surface area contributed by atoms with Crippen molar-refractivity contribution >= 4 is 37.4 Å². The Bertz CT molecular complexity index is 1680. The van der Waals surface area contributed by atoms with E-state index in [1.165, 1.54) is 37.9 Å². The first kappa shape index (κ1) is 23.6. The molecular formula is C24H18FN5O4S2. The Balaban J connectivity index is 1.57. The van der Waals surface area contributed by atoms with Crippen molar-refractivity contribution in [2.24, 2.45) is 0 Å². The molecule has 36 heavy (non-hydrogen) atoms. The van der Waals surface area contributed by atoms with Crippen molar-refractivity contribution in [1.82, 2.24) is 20.2 Å². The van der Waals surface area contributed by atoms with Gasteiger partial charge in [-0.15, -0.1) is 10.2 Å². The van der Waals surface area contributed by atoms with Crippen LogP contribution < -0.4 is 14.2 Å². The molecule has 0 aliphatic heterocycles. The summed E-state index contributed by atoms with van der Waals surface area (Å²) in [6, 6.07) is 13.3. The minimum Gasteiger partial charge on any atom is -0.496 e. The van der Waals surface area contributed by atoms with Gasteiger partial charge in [0.1, 0.15) is 17.1 Å². The Kier molecular flexibility index (Phi) is 6.20. The van der Waals surface area contributed by atoms with Crippen molar-refractivity contribution in [1.29, 1.82) is 0 Å². The molecular weight excluding hydrogens is 505 g/mol. The number of nitrogens with zero attached hydrogens (tertiary/aromatic N) is 4. The average molecular weight is 524 g/mol. The van der Waals surface area contributed by atoms with Crippen LogP contribution in [0.25, 0.3) is 33.2 Å². The molecule has 2 aromatic carbocycles. The van der Waals surface area contributed by atoms with Crippen LogP contribution >= 0.6 is 11.3 Å². The fourth-order valence-corrected chi connectivity index (χ4v) is 5.51. The van der Waals surface area contributed by atoms with E-state index in [2.05, 4.69) is 24.9 Å². The largest absolute Gasteiger partial charge is 0.496 e. The Labute approximate surface area is 209 Å². The number of sulfonamides is 1. The highest BCUT2D eigenvalue weighted by molar-refractivity contribution is 7.93. The number of benzene rings is 2. The van der Waals surface area contributed by atoms with Gasteiger partial charge in [0.05, 0.1) is 30.8 Å². The van der Waals surface area contributed by atoms with E-state index in [0.29, 0.717) is 22.4 Å². The summed E-state index contributed by atoms with van der Waals surface area (Å²) in [5.74, 6) is 0.331. The monoisotopic (exact) mass is 523 g/mol. The van der Waals surface area contributed by atoms with Crippen LogP contribution in [0, 0.1) is 5.82 Å². The maximum Gasteiger partial charge on any atom is 0.263 e. The number of aromatic nitrogens is 4. The van der Waals surface area contributed by atoms with E-state index in [9.17, 15) is 12.8 Å². The lowest BCUT2D eigenvalue weighted by Crippen LogP contribution is -2.12. The summed E-state index contributed by atoms with van der Waals surface area (Å²) in [6.07, 6.45) is 2.69. The molecule has 0 radical (unpaired) electrons. The Morgan fingerprint density at radius 3 is 2.56 bits per heavy atom. The molecule has 0 aliphatic carbocycles. The highest BCUT2D eigenvalue weighted by atomic mass is 32.2. The second-order valence-electron chi connectivity index (χ2n) is 7.51. The molecule has 1 N–H and O–H groups in total. The van der Waals surface area contributed by atoms with Crippen molar-refractivity contribution in [3.8, 4) is 33.9 Å². The van der Waals surface area contributed by atoms with Crippen molar-refractivity contribution in [2.45, 2.75) is 4.90 Å². The van der Waals surface area contributed by atoms with Crippen LogP contribution in [0.5, 0.6) is 11.6 Å². The number of fused-ring (bicyclic) bond motifs is 1. The molecule has 0 saturated heterocycles. The lowest BCUT2D eigenvalue weighted by Gasteiger charge is -2.14. The molecule has 0 amide bonds. The molecule has 12 heteroatoms. The predicted molar refractivity (Wildman–Crippen MR) is 134 cm³/mol. The Hall–Kier alpha value is -4.16. The van der Waals surface area contributed by atoms with E-state index < -0.39 is 15.8 Å². The average Bonchev–Trinajstić information content (AvgIpc) is 3.40. The van der Waals surface area contributed by atoms with E-state index in [1.54, 1.807) is 18.3 Å². The van der Waals surface area contributed by atoms with E-state index in [4.69, 9.17) is 9.47 Å². The second kappa shape index (κ2) is 9.47. The molecule has 0 unspecified atom stereocenters. The lowest BCUT2D eigenvalue weighted by molar-refractivity contribution is 0.397. The van der Waals surface area contributed by atoms with Gasteiger partial charge in [-0.25, -0.2) is 17.8 Å². The van der Waals surface area contributed by atoms with Crippen molar-refractivity contribution in [3.63, 3.8) is 0 Å². The van der Waals surface area contributed by atoms with Crippen molar-refractivity contribution < 1.29 is 22.3 Å². The molecule has 0 fully saturated rings. The van der Waals surface area contributed by atoms with Crippen LogP contribution in [0.15, 0.2) is 71.3 Å². The van der Waals surface area contributed by atoms with Gasteiger partial charge >= 0.3 is 0 Å². The normalized spacial score (nSPS) is 11.4. The highest BCUT2D eigenvalue weighted by Gasteiger charge is 2.19. The smallest absolute Gasteiger partial charge is 0.263 e.